The van der Waals surface area contributed by atoms with Crippen LogP contribution >= 0.6 is 0 Å². The minimum absolute atomic E-state index is 0.471. The molecule has 1 fully saturated rings. The topological polar surface area (TPSA) is 58.6 Å². The average molecular weight is 312 g/mol. The van der Waals surface area contributed by atoms with Crippen molar-refractivity contribution in [1.29, 1.82) is 0 Å². The first-order valence-corrected chi connectivity index (χ1v) is 9.11. The molecule has 1 heterocycles. The van der Waals surface area contributed by atoms with Gasteiger partial charge in [0.15, 0.2) is 0 Å². The zero-order chi connectivity index (χ0) is 15.5. The first-order chi connectivity index (χ1) is 9.89. The molecule has 1 aliphatic heterocycles. The van der Waals surface area contributed by atoms with Crippen molar-refractivity contribution in [2.24, 2.45) is 0 Å². The van der Waals surface area contributed by atoms with Crippen LogP contribution in [-0.2, 0) is 10.0 Å². The Kier molecular flexibility index (Phi) is 5.24. The summed E-state index contributed by atoms with van der Waals surface area (Å²) in [6.07, 6.45) is 2.30. The second-order valence-electron chi connectivity index (χ2n) is 5.72. The smallest absolute Gasteiger partial charge is 0.208 e. The van der Waals surface area contributed by atoms with E-state index in [4.69, 9.17) is 4.74 Å². The summed E-state index contributed by atoms with van der Waals surface area (Å²) in [5.74, 6) is 1.38. The highest BCUT2D eigenvalue weighted by Crippen LogP contribution is 2.32. The molecule has 0 aromatic heterocycles. The number of nitrogens with one attached hydrogen (secondary N) is 1. The van der Waals surface area contributed by atoms with Crippen LogP contribution < -0.4 is 9.46 Å². The predicted molar refractivity (Wildman–Crippen MR) is 84.2 cm³/mol. The molecule has 2 atom stereocenters. The van der Waals surface area contributed by atoms with Gasteiger partial charge in [0.2, 0.25) is 10.0 Å². The summed E-state index contributed by atoms with van der Waals surface area (Å²) in [7, 11) is -1.43. The van der Waals surface area contributed by atoms with Gasteiger partial charge in [0.25, 0.3) is 0 Å². The van der Waals surface area contributed by atoms with Crippen LogP contribution in [0.25, 0.3) is 0 Å². The maximum absolute atomic E-state index is 11.1. The number of benzene rings is 1. The van der Waals surface area contributed by atoms with E-state index < -0.39 is 10.0 Å². The third-order valence-electron chi connectivity index (χ3n) is 4.05. The number of ether oxygens (including phenoxy) is 1. The van der Waals surface area contributed by atoms with Crippen LogP contribution in [0.1, 0.15) is 24.8 Å². The van der Waals surface area contributed by atoms with Crippen molar-refractivity contribution in [3.8, 4) is 5.75 Å². The Balaban J connectivity index is 1.90. The van der Waals surface area contributed by atoms with Crippen molar-refractivity contribution in [3.05, 3.63) is 29.8 Å². The Morgan fingerprint density at radius 3 is 2.57 bits per heavy atom. The van der Waals surface area contributed by atoms with Crippen LogP contribution in [0.2, 0.25) is 0 Å². The summed E-state index contributed by atoms with van der Waals surface area (Å²) in [5.41, 5.74) is 1.32. The van der Waals surface area contributed by atoms with Gasteiger partial charge in [0.1, 0.15) is 5.75 Å². The summed E-state index contributed by atoms with van der Waals surface area (Å²) in [5, 5.41) is 0. The summed E-state index contributed by atoms with van der Waals surface area (Å²) < 4.78 is 29.9. The molecule has 5 nitrogen and oxygen atoms in total. The predicted octanol–water partition coefficient (Wildman–Crippen LogP) is 1.42. The van der Waals surface area contributed by atoms with Crippen molar-refractivity contribution >= 4 is 10.0 Å². The van der Waals surface area contributed by atoms with Gasteiger partial charge in [-0.2, -0.15) is 0 Å². The molecule has 1 N–H and O–H groups in total. The maximum Gasteiger partial charge on any atom is 0.208 e. The molecule has 0 aliphatic carbocycles. The third-order valence-corrected chi connectivity index (χ3v) is 4.78. The van der Waals surface area contributed by atoms with E-state index in [-0.39, 0.29) is 0 Å². The molecular formula is C15H24N2O3S. The van der Waals surface area contributed by atoms with E-state index in [1.54, 1.807) is 7.11 Å². The van der Waals surface area contributed by atoms with Gasteiger partial charge in [-0.15, -0.1) is 0 Å². The van der Waals surface area contributed by atoms with Gasteiger partial charge >= 0.3 is 0 Å². The van der Waals surface area contributed by atoms with Crippen LogP contribution in [0.4, 0.5) is 0 Å². The number of nitrogens with zero attached hydrogens (tertiary/aromatic N) is 1. The Hall–Kier alpha value is -1.11. The Labute approximate surface area is 127 Å². The fraction of sp³-hybridized carbons (Fsp3) is 0.600. The number of rotatable bonds is 6. The van der Waals surface area contributed by atoms with Crippen LogP contribution in [0.5, 0.6) is 5.75 Å². The Bertz CT molecular complexity index is 557. The Morgan fingerprint density at radius 2 is 2.00 bits per heavy atom. The van der Waals surface area contributed by atoms with Gasteiger partial charge in [-0.05, 0) is 37.0 Å². The van der Waals surface area contributed by atoms with Gasteiger partial charge in [-0.1, -0.05) is 12.1 Å². The minimum atomic E-state index is -3.10. The van der Waals surface area contributed by atoms with Gasteiger partial charge in [-0.3, -0.25) is 4.90 Å². The average Bonchev–Trinajstić information content (AvgIpc) is 2.79. The van der Waals surface area contributed by atoms with Crippen molar-refractivity contribution in [3.63, 3.8) is 0 Å². The van der Waals surface area contributed by atoms with Gasteiger partial charge in [0.05, 0.1) is 13.4 Å². The van der Waals surface area contributed by atoms with Gasteiger partial charge in [0, 0.05) is 25.7 Å². The lowest BCUT2D eigenvalue weighted by atomic mass is 9.97. The first kappa shape index (κ1) is 16.3. The molecule has 1 saturated heterocycles. The number of sulfonamides is 1. The van der Waals surface area contributed by atoms with Gasteiger partial charge < -0.3 is 4.74 Å². The summed E-state index contributed by atoms with van der Waals surface area (Å²) in [6, 6.07) is 8.70. The monoisotopic (exact) mass is 312 g/mol. The van der Waals surface area contributed by atoms with E-state index >= 15 is 0 Å². The zero-order valence-electron chi connectivity index (χ0n) is 12.9. The highest BCUT2D eigenvalue weighted by Gasteiger charge is 2.29. The highest BCUT2D eigenvalue weighted by molar-refractivity contribution is 7.88. The molecule has 21 heavy (non-hydrogen) atoms. The molecule has 1 aliphatic rings. The number of hydrogen-bond donors (Lipinski definition) is 1. The van der Waals surface area contributed by atoms with E-state index in [2.05, 4.69) is 28.7 Å². The van der Waals surface area contributed by atoms with Crippen molar-refractivity contribution in [2.75, 3.05) is 33.0 Å². The number of methoxy groups -OCH3 is 1. The zero-order valence-corrected chi connectivity index (χ0v) is 13.7. The van der Waals surface area contributed by atoms with Crippen molar-refractivity contribution in [1.82, 2.24) is 9.62 Å². The molecule has 0 unspecified atom stereocenters. The fourth-order valence-electron chi connectivity index (χ4n) is 2.90. The number of hydrogen-bond acceptors (Lipinski definition) is 4. The lowest BCUT2D eigenvalue weighted by Crippen LogP contribution is -2.36. The normalized spacial score (nSPS) is 23.4. The largest absolute Gasteiger partial charge is 0.497 e. The van der Waals surface area contributed by atoms with E-state index in [9.17, 15) is 8.42 Å². The molecular weight excluding hydrogens is 288 g/mol. The molecule has 118 valence electrons. The van der Waals surface area contributed by atoms with Crippen LogP contribution in [0.15, 0.2) is 24.3 Å². The van der Waals surface area contributed by atoms with Gasteiger partial charge in [-0.25, -0.2) is 13.1 Å². The standard InChI is InChI=1S/C15H24N2O3S/c1-12-10-14(13-4-6-15(20-2)7-5-13)11-17(12)9-8-16-21(3,18)19/h4-7,12,14,16H,8-11H2,1-3H3/t12-,14+/m0/s1. The molecule has 6 heteroatoms. The highest BCUT2D eigenvalue weighted by atomic mass is 32.2. The second-order valence-corrected chi connectivity index (χ2v) is 7.55. The molecule has 0 saturated carbocycles. The van der Waals surface area contributed by atoms with Crippen molar-refractivity contribution < 1.29 is 13.2 Å². The molecule has 0 radical (unpaired) electrons. The van der Waals surface area contributed by atoms with E-state index in [0.717, 1.165) is 25.3 Å². The maximum atomic E-state index is 11.1. The SMILES string of the molecule is COc1ccc([C@@H]2C[C@H](C)N(CCNS(C)(=O)=O)C2)cc1. The molecule has 2 rings (SSSR count). The Morgan fingerprint density at radius 1 is 1.33 bits per heavy atom. The summed E-state index contributed by atoms with van der Waals surface area (Å²) in [6.45, 7) is 4.39. The summed E-state index contributed by atoms with van der Waals surface area (Å²) >= 11 is 0. The fourth-order valence-corrected chi connectivity index (χ4v) is 3.36. The third kappa shape index (κ3) is 4.69. The first-order valence-electron chi connectivity index (χ1n) is 7.21. The lowest BCUT2D eigenvalue weighted by molar-refractivity contribution is 0.272. The van der Waals surface area contributed by atoms with E-state index in [0.29, 0.717) is 18.5 Å². The lowest BCUT2D eigenvalue weighted by Gasteiger charge is -2.20. The molecule has 0 bridgehead atoms. The minimum Gasteiger partial charge on any atom is -0.497 e. The number of likely N-dealkylation sites (tertiary alicyclic amines) is 1. The van der Waals surface area contributed by atoms with E-state index in [1.807, 2.05) is 12.1 Å². The van der Waals surface area contributed by atoms with Crippen LogP contribution in [0, 0.1) is 0 Å². The van der Waals surface area contributed by atoms with Crippen LogP contribution in [0.3, 0.4) is 0 Å². The van der Waals surface area contributed by atoms with E-state index in [1.165, 1.54) is 11.8 Å². The molecule has 0 amide bonds. The van der Waals surface area contributed by atoms with Crippen LogP contribution in [-0.4, -0.2) is 52.4 Å². The molecule has 1 aromatic carbocycles. The molecule has 1 aromatic rings. The molecule has 0 spiro atoms. The van der Waals surface area contributed by atoms with Crippen molar-refractivity contribution in [2.45, 2.75) is 25.3 Å². The quantitative estimate of drug-likeness (QED) is 0.863. The second kappa shape index (κ2) is 6.77. The summed E-state index contributed by atoms with van der Waals surface area (Å²) in [4.78, 5) is 2.34.